The number of carboxylic acid groups (broad SMARTS) is 3. The van der Waals surface area contributed by atoms with Crippen molar-refractivity contribution in [2.75, 3.05) is 0 Å². The minimum atomic E-state index is -3.77. The summed E-state index contributed by atoms with van der Waals surface area (Å²) in [6.45, 7) is 4.71. The molecule has 3 unspecified atom stereocenters. The molecule has 22 heavy (non-hydrogen) atoms. The maximum absolute atomic E-state index is 11.0. The van der Waals surface area contributed by atoms with Gasteiger partial charge in [0, 0.05) is 0 Å². The van der Waals surface area contributed by atoms with Crippen LogP contribution < -0.4 is 0 Å². The van der Waals surface area contributed by atoms with Gasteiger partial charge in [0.2, 0.25) is 0 Å². The zero-order chi connectivity index (χ0) is 17.3. The molecule has 0 bridgehead atoms. The zero-order valence-corrected chi connectivity index (χ0v) is 15.1. The van der Waals surface area contributed by atoms with E-state index >= 15 is 0 Å². The van der Waals surface area contributed by atoms with Crippen LogP contribution in [0.2, 0.25) is 0 Å². The summed E-state index contributed by atoms with van der Waals surface area (Å²) in [6.07, 6.45) is -3.30. The second kappa shape index (κ2) is 10.8. The molecule has 3 atom stereocenters. The van der Waals surface area contributed by atoms with Gasteiger partial charge in [0.1, 0.15) is 0 Å². The molecule has 0 rings (SSSR count). The minimum absolute atomic E-state index is 0.122. The van der Waals surface area contributed by atoms with Gasteiger partial charge >= 0.3 is 136 Å². The summed E-state index contributed by atoms with van der Waals surface area (Å²) in [7, 11) is 0. The predicted octanol–water partition coefficient (Wildman–Crippen LogP) is 0.611. The van der Waals surface area contributed by atoms with Gasteiger partial charge in [0.25, 0.3) is 0 Å². The molecule has 0 heterocycles. The van der Waals surface area contributed by atoms with Crippen molar-refractivity contribution in [1.29, 1.82) is 0 Å². The number of hydrogen-bond acceptors (Lipinski definition) is 6. The molecule has 0 aliphatic heterocycles. The molecule has 0 aromatic rings. The van der Waals surface area contributed by atoms with Crippen molar-refractivity contribution in [3.63, 3.8) is 0 Å². The molecule has 0 saturated carbocycles. The van der Waals surface area contributed by atoms with E-state index in [0.29, 0.717) is 0 Å². The predicted molar refractivity (Wildman–Crippen MR) is 74.2 cm³/mol. The van der Waals surface area contributed by atoms with Gasteiger partial charge in [-0.25, -0.2) is 0 Å². The molecule has 10 heteroatoms. The van der Waals surface area contributed by atoms with E-state index in [1.165, 1.54) is 0 Å². The van der Waals surface area contributed by atoms with Crippen LogP contribution in [-0.4, -0.2) is 73.0 Å². The van der Waals surface area contributed by atoms with Crippen molar-refractivity contribution in [3.05, 3.63) is 0 Å². The average Bonchev–Trinajstić information content (AvgIpc) is 2.45. The van der Waals surface area contributed by atoms with E-state index < -0.39 is 57.7 Å². The summed E-state index contributed by atoms with van der Waals surface area (Å²) in [5, 5.41) is 27.0. The summed E-state index contributed by atoms with van der Waals surface area (Å²) in [5.41, 5.74) is 0. The van der Waals surface area contributed by atoms with Crippen molar-refractivity contribution in [2.24, 2.45) is 0 Å². The van der Waals surface area contributed by atoms with Crippen molar-refractivity contribution in [1.82, 2.24) is 0 Å². The summed E-state index contributed by atoms with van der Waals surface area (Å²) in [6, 6.07) is 0. The van der Waals surface area contributed by atoms with Gasteiger partial charge in [-0.05, 0) is 0 Å². The van der Waals surface area contributed by atoms with E-state index in [-0.39, 0.29) is 19.3 Å². The molecule has 0 radical (unpaired) electrons. The van der Waals surface area contributed by atoms with E-state index in [9.17, 15) is 14.4 Å². The topological polar surface area (TPSA) is 140 Å². The Hall–Kier alpha value is -0.892. The molecule has 0 aromatic carbocycles. The third kappa shape index (κ3) is 7.40. The molecule has 9 nitrogen and oxygen atoms in total. The van der Waals surface area contributed by atoms with Gasteiger partial charge in [0.05, 0.1) is 0 Å². The Morgan fingerprint density at radius 3 is 1.09 bits per heavy atom. The van der Waals surface area contributed by atoms with Gasteiger partial charge in [0.15, 0.2) is 0 Å². The van der Waals surface area contributed by atoms with Crippen molar-refractivity contribution >= 4 is 39.4 Å². The van der Waals surface area contributed by atoms with Gasteiger partial charge in [-0.3, -0.25) is 0 Å². The molecule has 0 fully saturated rings. The fraction of sp³-hybridized carbons (Fsp3) is 0.750. The van der Waals surface area contributed by atoms with Crippen molar-refractivity contribution < 1.29 is 38.7 Å². The molecular weight excluding hydrogens is 410 g/mol. The van der Waals surface area contributed by atoms with Crippen LogP contribution in [0.3, 0.4) is 0 Å². The molecule has 128 valence electrons. The fourth-order valence-corrected chi connectivity index (χ4v) is 5.52. The van der Waals surface area contributed by atoms with Crippen LogP contribution in [0, 0.1) is 0 Å². The van der Waals surface area contributed by atoms with E-state index in [2.05, 4.69) is 0 Å². The molecule has 0 aromatic heterocycles. The number of hydrogen-bond donors (Lipinski definition) is 3. The molecule has 0 aliphatic rings. The summed E-state index contributed by atoms with van der Waals surface area (Å²) < 4.78 is 15.7. The third-order valence-electron chi connectivity index (χ3n) is 2.58. The van der Waals surface area contributed by atoms with Crippen LogP contribution in [0.5, 0.6) is 0 Å². The monoisotopic (exact) mass is 430 g/mol. The van der Waals surface area contributed by atoms with Crippen LogP contribution in [0.15, 0.2) is 0 Å². The van der Waals surface area contributed by atoms with Gasteiger partial charge in [-0.2, -0.15) is 0 Å². The summed E-state index contributed by atoms with van der Waals surface area (Å²) in [4.78, 5) is 33.0. The first-order valence-corrected chi connectivity index (χ1v) is 9.88. The van der Waals surface area contributed by atoms with Crippen LogP contribution in [0.4, 0.5) is 0 Å². The van der Waals surface area contributed by atoms with E-state index in [1.54, 1.807) is 20.8 Å². The molecule has 3 N–H and O–H groups in total. The summed E-state index contributed by atoms with van der Waals surface area (Å²) in [5.74, 6) is -3.72. The number of carboxylic acids is 3. The Balaban J connectivity index is 5.07. The first-order chi connectivity index (χ1) is 10.3. The van der Waals surface area contributed by atoms with E-state index in [1.807, 2.05) is 0 Å². The van der Waals surface area contributed by atoms with Gasteiger partial charge < -0.3 is 0 Å². The molecular formula is C12H21O9Sb. The Morgan fingerprint density at radius 2 is 0.955 bits per heavy atom. The van der Waals surface area contributed by atoms with Gasteiger partial charge in [-0.15, -0.1) is 0 Å². The van der Waals surface area contributed by atoms with E-state index in [0.717, 1.165) is 0 Å². The summed E-state index contributed by atoms with van der Waals surface area (Å²) >= 11 is -3.77. The zero-order valence-electron chi connectivity index (χ0n) is 12.6. The van der Waals surface area contributed by atoms with Gasteiger partial charge in [-0.1, -0.05) is 0 Å². The van der Waals surface area contributed by atoms with Crippen molar-refractivity contribution in [2.45, 2.75) is 58.3 Å². The van der Waals surface area contributed by atoms with E-state index in [4.69, 9.17) is 24.4 Å². The van der Waals surface area contributed by atoms with Crippen LogP contribution in [-0.2, 0) is 23.4 Å². The number of aliphatic carboxylic acids is 3. The van der Waals surface area contributed by atoms with Crippen molar-refractivity contribution in [3.8, 4) is 0 Å². The van der Waals surface area contributed by atoms with Crippen LogP contribution in [0.1, 0.15) is 40.0 Å². The Labute approximate surface area is 136 Å². The number of carbonyl (C=O) groups is 3. The first kappa shape index (κ1) is 21.1. The quantitative estimate of drug-likeness (QED) is 0.380. The standard InChI is InChI=1S/3C4H7O3.Sb/c3*1-2-3(5)4(6)7;/h3*3H,2H2,1H3,(H,6,7);/q3*-1;+3. The second-order valence-electron chi connectivity index (χ2n) is 4.25. The molecule has 0 saturated heterocycles. The SMILES string of the molecule is CCC([O][Sb]([O]C(CC)C(=O)O)[O]C(CC)C(=O)O)C(=O)O. The second-order valence-corrected chi connectivity index (χ2v) is 7.33. The average molecular weight is 431 g/mol. The first-order valence-electron chi connectivity index (χ1n) is 6.75. The Bertz CT molecular complexity index is 330. The normalized spacial score (nSPS) is 15.3. The number of rotatable bonds is 12. The maximum atomic E-state index is 11.0. The molecule has 0 amide bonds. The third-order valence-corrected chi connectivity index (χ3v) is 6.23. The Morgan fingerprint density at radius 1 is 0.727 bits per heavy atom. The molecule has 0 spiro atoms. The Kier molecular flexibility index (Phi) is 10.3. The van der Waals surface area contributed by atoms with Crippen LogP contribution in [0.25, 0.3) is 0 Å². The van der Waals surface area contributed by atoms with Crippen LogP contribution >= 0.6 is 0 Å². The molecule has 0 aliphatic carbocycles. The fourth-order valence-electron chi connectivity index (χ4n) is 1.27.